The number of carbonyl (C=O) groups is 1. The van der Waals surface area contributed by atoms with Crippen LogP contribution in [0.5, 0.6) is 0 Å². The lowest BCUT2D eigenvalue weighted by molar-refractivity contribution is -0.145. The zero-order valence-corrected chi connectivity index (χ0v) is 12.1. The molecule has 0 spiro atoms. The van der Waals surface area contributed by atoms with E-state index in [-0.39, 0.29) is 30.4 Å². The van der Waals surface area contributed by atoms with Gasteiger partial charge < -0.3 is 14.7 Å². The normalized spacial score (nSPS) is 31.5. The monoisotopic (exact) mass is 293 g/mol. The van der Waals surface area contributed by atoms with Crippen molar-refractivity contribution >= 4 is 5.91 Å². The van der Waals surface area contributed by atoms with Gasteiger partial charge in [0.15, 0.2) is 0 Å². The lowest BCUT2D eigenvalue weighted by Crippen LogP contribution is -2.52. The number of benzene rings is 1. The molecule has 0 aromatic heterocycles. The summed E-state index contributed by atoms with van der Waals surface area (Å²) < 4.78 is 18.0. The molecule has 21 heavy (non-hydrogen) atoms. The molecule has 4 nitrogen and oxygen atoms in total. The summed E-state index contributed by atoms with van der Waals surface area (Å²) in [7, 11) is 1.51. The first-order valence-corrected chi connectivity index (χ1v) is 7.32. The second-order valence-electron chi connectivity index (χ2n) is 6.07. The summed E-state index contributed by atoms with van der Waals surface area (Å²) in [6.45, 7) is 0.0853. The second kappa shape index (κ2) is 5.39. The molecule has 114 valence electrons. The third-order valence-corrected chi connectivity index (χ3v) is 4.70. The standard InChI is InChI=1S/C16H20FNO3/c1-21-10-15(19)18-13-6-7-14(18)9-16(20,8-13)11-2-4-12(17)5-3-11/h2-5,13-14,20H,6-10H2,1H3. The number of methoxy groups -OCH3 is 1. The molecule has 3 rings (SSSR count). The summed E-state index contributed by atoms with van der Waals surface area (Å²) >= 11 is 0. The number of carbonyl (C=O) groups excluding carboxylic acids is 1. The van der Waals surface area contributed by atoms with Gasteiger partial charge in [-0.1, -0.05) is 12.1 Å². The van der Waals surface area contributed by atoms with Crippen molar-refractivity contribution in [3.63, 3.8) is 0 Å². The minimum absolute atomic E-state index is 0.00819. The van der Waals surface area contributed by atoms with Crippen molar-refractivity contribution in [3.05, 3.63) is 35.6 Å². The van der Waals surface area contributed by atoms with Crippen molar-refractivity contribution in [1.29, 1.82) is 0 Å². The van der Waals surface area contributed by atoms with E-state index in [0.29, 0.717) is 12.8 Å². The molecule has 0 radical (unpaired) electrons. The summed E-state index contributed by atoms with van der Waals surface area (Å²) in [4.78, 5) is 14.0. The van der Waals surface area contributed by atoms with E-state index in [9.17, 15) is 14.3 Å². The molecule has 2 aliphatic heterocycles. The molecule has 2 unspecified atom stereocenters. The van der Waals surface area contributed by atoms with Gasteiger partial charge in [0, 0.05) is 32.0 Å². The smallest absolute Gasteiger partial charge is 0.249 e. The van der Waals surface area contributed by atoms with Gasteiger partial charge in [0.05, 0.1) is 5.60 Å². The Labute approximate surface area is 123 Å². The van der Waals surface area contributed by atoms with Crippen molar-refractivity contribution < 1.29 is 19.0 Å². The first-order valence-electron chi connectivity index (χ1n) is 7.32. The Balaban J connectivity index is 1.81. The van der Waals surface area contributed by atoms with E-state index in [1.54, 1.807) is 12.1 Å². The molecule has 1 aromatic rings. The third kappa shape index (κ3) is 2.56. The zero-order valence-electron chi connectivity index (χ0n) is 12.1. The lowest BCUT2D eigenvalue weighted by Gasteiger charge is -2.44. The van der Waals surface area contributed by atoms with Crippen molar-refractivity contribution in [1.82, 2.24) is 4.90 Å². The number of hydrogen-bond acceptors (Lipinski definition) is 3. The Hall–Kier alpha value is -1.46. The summed E-state index contributed by atoms with van der Waals surface area (Å²) in [5.74, 6) is -0.316. The molecular formula is C16H20FNO3. The van der Waals surface area contributed by atoms with Crippen LogP contribution >= 0.6 is 0 Å². The summed E-state index contributed by atoms with van der Waals surface area (Å²) in [5, 5.41) is 11.0. The molecule has 2 fully saturated rings. The number of aliphatic hydroxyl groups is 1. The van der Waals surface area contributed by atoms with Crippen LogP contribution < -0.4 is 0 Å². The van der Waals surface area contributed by atoms with Gasteiger partial charge in [-0.25, -0.2) is 4.39 Å². The van der Waals surface area contributed by atoms with Gasteiger partial charge in [-0.3, -0.25) is 4.79 Å². The van der Waals surface area contributed by atoms with E-state index in [4.69, 9.17) is 4.74 Å². The number of fused-ring (bicyclic) bond motifs is 2. The Morgan fingerprint density at radius 2 is 1.90 bits per heavy atom. The van der Waals surface area contributed by atoms with E-state index in [1.165, 1.54) is 19.2 Å². The minimum Gasteiger partial charge on any atom is -0.385 e. The van der Waals surface area contributed by atoms with E-state index >= 15 is 0 Å². The van der Waals surface area contributed by atoms with Gasteiger partial charge in [-0.2, -0.15) is 0 Å². The topological polar surface area (TPSA) is 49.8 Å². The number of hydrogen-bond donors (Lipinski definition) is 1. The first kappa shape index (κ1) is 14.5. The fourth-order valence-corrected chi connectivity index (χ4v) is 3.83. The molecule has 1 aromatic carbocycles. The number of amides is 1. The van der Waals surface area contributed by atoms with Crippen LogP contribution in [0.25, 0.3) is 0 Å². The largest absolute Gasteiger partial charge is 0.385 e. The molecule has 2 bridgehead atoms. The van der Waals surface area contributed by atoms with Gasteiger partial charge in [-0.05, 0) is 30.5 Å². The van der Waals surface area contributed by atoms with Gasteiger partial charge in [0.1, 0.15) is 12.4 Å². The SMILES string of the molecule is COCC(=O)N1C2CCC1CC(O)(c1ccc(F)cc1)C2. The van der Waals surface area contributed by atoms with Crippen LogP contribution in [-0.2, 0) is 15.1 Å². The van der Waals surface area contributed by atoms with Gasteiger partial charge >= 0.3 is 0 Å². The second-order valence-corrected chi connectivity index (χ2v) is 6.07. The van der Waals surface area contributed by atoms with Crippen LogP contribution in [0.15, 0.2) is 24.3 Å². The van der Waals surface area contributed by atoms with Crippen LogP contribution in [0.3, 0.4) is 0 Å². The Kier molecular flexibility index (Phi) is 3.71. The average molecular weight is 293 g/mol. The van der Waals surface area contributed by atoms with Gasteiger partial charge in [0.2, 0.25) is 5.91 Å². The molecule has 2 aliphatic rings. The van der Waals surface area contributed by atoms with Crippen LogP contribution in [0.1, 0.15) is 31.2 Å². The van der Waals surface area contributed by atoms with Crippen LogP contribution in [-0.4, -0.2) is 41.7 Å². The quantitative estimate of drug-likeness (QED) is 0.924. The Bertz CT molecular complexity index is 517. The van der Waals surface area contributed by atoms with Gasteiger partial charge in [-0.15, -0.1) is 0 Å². The van der Waals surface area contributed by atoms with Crippen LogP contribution in [0, 0.1) is 5.82 Å². The van der Waals surface area contributed by atoms with Crippen LogP contribution in [0.2, 0.25) is 0 Å². The summed E-state index contributed by atoms with van der Waals surface area (Å²) in [6.07, 6.45) is 2.82. The third-order valence-electron chi connectivity index (χ3n) is 4.70. The molecule has 0 saturated carbocycles. The minimum atomic E-state index is -0.969. The summed E-state index contributed by atoms with van der Waals surface area (Å²) in [6, 6.07) is 6.11. The van der Waals surface area contributed by atoms with Crippen LogP contribution in [0.4, 0.5) is 4.39 Å². The highest BCUT2D eigenvalue weighted by atomic mass is 19.1. The molecule has 2 atom stereocenters. The highest BCUT2D eigenvalue weighted by molar-refractivity contribution is 5.78. The number of piperidine rings is 1. The fraction of sp³-hybridized carbons (Fsp3) is 0.562. The van der Waals surface area contributed by atoms with E-state index in [2.05, 4.69) is 0 Å². The number of rotatable bonds is 3. The lowest BCUT2D eigenvalue weighted by atomic mass is 9.80. The number of ether oxygens (including phenoxy) is 1. The number of nitrogens with zero attached hydrogens (tertiary/aromatic N) is 1. The predicted octanol–water partition coefficient (Wildman–Crippen LogP) is 1.81. The van der Waals surface area contributed by atoms with Crippen molar-refractivity contribution in [3.8, 4) is 0 Å². The Morgan fingerprint density at radius 1 is 1.33 bits per heavy atom. The van der Waals surface area contributed by atoms with E-state index in [0.717, 1.165) is 18.4 Å². The number of halogens is 1. The van der Waals surface area contributed by atoms with Crippen molar-refractivity contribution in [2.24, 2.45) is 0 Å². The molecular weight excluding hydrogens is 273 g/mol. The highest BCUT2D eigenvalue weighted by Crippen LogP contribution is 2.45. The first-order chi connectivity index (χ1) is 10.0. The van der Waals surface area contributed by atoms with E-state index < -0.39 is 5.60 Å². The van der Waals surface area contributed by atoms with Crippen molar-refractivity contribution in [2.45, 2.75) is 43.4 Å². The predicted molar refractivity (Wildman–Crippen MR) is 75.1 cm³/mol. The maximum atomic E-state index is 13.0. The zero-order chi connectivity index (χ0) is 15.0. The highest BCUT2D eigenvalue weighted by Gasteiger charge is 2.49. The molecule has 5 heteroatoms. The maximum absolute atomic E-state index is 13.0. The molecule has 2 saturated heterocycles. The molecule has 0 aliphatic carbocycles. The van der Waals surface area contributed by atoms with Crippen molar-refractivity contribution in [2.75, 3.05) is 13.7 Å². The van der Waals surface area contributed by atoms with Gasteiger partial charge in [0.25, 0.3) is 0 Å². The Morgan fingerprint density at radius 3 is 2.43 bits per heavy atom. The summed E-state index contributed by atoms with van der Waals surface area (Å²) in [5.41, 5.74) is -0.233. The maximum Gasteiger partial charge on any atom is 0.249 e. The fourth-order valence-electron chi connectivity index (χ4n) is 3.83. The molecule has 1 N–H and O–H groups in total. The van der Waals surface area contributed by atoms with E-state index in [1.807, 2.05) is 4.90 Å². The molecule has 1 amide bonds. The average Bonchev–Trinajstić information content (AvgIpc) is 2.73. The molecule has 2 heterocycles.